The highest BCUT2D eigenvalue weighted by Crippen LogP contribution is 2.20. The van der Waals surface area contributed by atoms with Gasteiger partial charge in [-0.05, 0) is 69.0 Å². The highest BCUT2D eigenvalue weighted by atomic mass is 16.1. The molecule has 140 valence electrons. The first-order valence-electron chi connectivity index (χ1n) is 9.81. The number of rotatable bonds is 3. The molecule has 0 atom stereocenters. The third-order valence-corrected chi connectivity index (χ3v) is 5.47. The van der Waals surface area contributed by atoms with E-state index in [1.54, 1.807) is 0 Å². The van der Waals surface area contributed by atoms with Crippen LogP contribution >= 0.6 is 0 Å². The average Bonchev–Trinajstić information content (AvgIpc) is 2.62. The Hall–Kier alpha value is -2.45. The van der Waals surface area contributed by atoms with Crippen LogP contribution in [0.1, 0.15) is 40.3 Å². The van der Waals surface area contributed by atoms with Crippen molar-refractivity contribution in [1.82, 2.24) is 0 Å². The standard InChI is InChI=1S/C25H29NO/c1-6-26-15-23(13-21-9-7-17(2)11-19(21)4)25(27)24(16-26)14-22-10-8-18(3)12-20(22)5/h7-14H,6,15-16H2,1-5H3/p+1/b23-13+,24-14+. The van der Waals surface area contributed by atoms with Gasteiger partial charge in [-0.1, -0.05) is 47.5 Å². The van der Waals surface area contributed by atoms with E-state index in [2.05, 4.69) is 83.2 Å². The molecule has 1 N–H and O–H groups in total. The predicted octanol–water partition coefficient (Wildman–Crippen LogP) is 3.87. The van der Waals surface area contributed by atoms with Crippen LogP contribution in [0.5, 0.6) is 0 Å². The third-order valence-electron chi connectivity index (χ3n) is 5.47. The minimum atomic E-state index is 0.201. The second kappa shape index (κ2) is 8.06. The van der Waals surface area contributed by atoms with Gasteiger partial charge in [-0.15, -0.1) is 0 Å². The van der Waals surface area contributed by atoms with Gasteiger partial charge in [0.1, 0.15) is 13.1 Å². The van der Waals surface area contributed by atoms with Crippen LogP contribution in [0.4, 0.5) is 0 Å². The number of nitrogens with one attached hydrogen (secondary N) is 1. The van der Waals surface area contributed by atoms with Gasteiger partial charge in [0.2, 0.25) is 0 Å². The lowest BCUT2D eigenvalue weighted by Gasteiger charge is -2.26. The largest absolute Gasteiger partial charge is 0.327 e. The number of Topliss-reactive ketones (excluding diaryl/α,β-unsaturated/α-hetero) is 1. The molecule has 0 saturated carbocycles. The topological polar surface area (TPSA) is 21.5 Å². The van der Waals surface area contributed by atoms with Crippen molar-refractivity contribution in [2.45, 2.75) is 34.6 Å². The molecule has 0 aromatic heterocycles. The zero-order chi connectivity index (χ0) is 19.6. The number of benzene rings is 2. The average molecular weight is 361 g/mol. The van der Waals surface area contributed by atoms with Crippen molar-refractivity contribution in [2.24, 2.45) is 0 Å². The normalized spacial score (nSPS) is 20.5. The summed E-state index contributed by atoms with van der Waals surface area (Å²) in [5.74, 6) is 0.201. The fourth-order valence-corrected chi connectivity index (χ4v) is 3.80. The smallest absolute Gasteiger partial charge is 0.196 e. The molecule has 1 aliphatic rings. The van der Waals surface area contributed by atoms with E-state index in [1.807, 2.05) is 0 Å². The fourth-order valence-electron chi connectivity index (χ4n) is 3.80. The number of aryl methyl sites for hydroxylation is 4. The number of carbonyl (C=O) groups is 1. The number of likely N-dealkylation sites (N-methyl/N-ethyl adjacent to an activating group) is 1. The Kier molecular flexibility index (Phi) is 5.76. The van der Waals surface area contributed by atoms with Gasteiger partial charge in [0.25, 0.3) is 0 Å². The van der Waals surface area contributed by atoms with E-state index in [4.69, 9.17) is 0 Å². The molecule has 0 bridgehead atoms. The molecule has 2 heteroatoms. The van der Waals surface area contributed by atoms with Crippen LogP contribution in [-0.2, 0) is 4.79 Å². The van der Waals surface area contributed by atoms with Crippen molar-refractivity contribution in [2.75, 3.05) is 19.6 Å². The Morgan fingerprint density at radius 2 is 1.26 bits per heavy atom. The first kappa shape index (κ1) is 19.3. The van der Waals surface area contributed by atoms with Crippen molar-refractivity contribution in [3.05, 3.63) is 80.9 Å². The second-order valence-electron chi connectivity index (χ2n) is 7.85. The number of carbonyl (C=O) groups excluding carboxylic acids is 1. The second-order valence-corrected chi connectivity index (χ2v) is 7.85. The van der Waals surface area contributed by atoms with Gasteiger partial charge in [-0.3, -0.25) is 4.79 Å². The minimum Gasteiger partial charge on any atom is -0.327 e. The summed E-state index contributed by atoms with van der Waals surface area (Å²) in [6.07, 6.45) is 4.20. The summed E-state index contributed by atoms with van der Waals surface area (Å²) in [7, 11) is 0. The van der Waals surface area contributed by atoms with Crippen LogP contribution < -0.4 is 4.90 Å². The van der Waals surface area contributed by atoms with Crippen LogP contribution in [0.25, 0.3) is 12.2 Å². The number of likely N-dealkylation sites (tertiary alicyclic amines) is 1. The Bertz CT molecular complexity index is 860. The third kappa shape index (κ3) is 4.45. The van der Waals surface area contributed by atoms with Gasteiger partial charge >= 0.3 is 0 Å². The molecule has 0 spiro atoms. The number of piperidine rings is 1. The molecule has 2 aromatic carbocycles. The van der Waals surface area contributed by atoms with Crippen molar-refractivity contribution < 1.29 is 9.69 Å². The summed E-state index contributed by atoms with van der Waals surface area (Å²) in [5, 5.41) is 0. The van der Waals surface area contributed by atoms with Gasteiger partial charge in [0.05, 0.1) is 17.7 Å². The number of hydrogen-bond acceptors (Lipinski definition) is 1. The molecule has 2 aromatic rings. The summed E-state index contributed by atoms with van der Waals surface area (Å²) < 4.78 is 0. The van der Waals surface area contributed by atoms with Gasteiger partial charge in [-0.2, -0.15) is 0 Å². The van der Waals surface area contributed by atoms with Crippen LogP contribution in [0.3, 0.4) is 0 Å². The van der Waals surface area contributed by atoms with Crippen molar-refractivity contribution >= 4 is 17.9 Å². The van der Waals surface area contributed by atoms with E-state index >= 15 is 0 Å². The summed E-state index contributed by atoms with van der Waals surface area (Å²) in [6.45, 7) is 13.2. The van der Waals surface area contributed by atoms with Crippen LogP contribution in [0, 0.1) is 27.7 Å². The molecular formula is C25H30NO+. The maximum Gasteiger partial charge on any atom is 0.196 e. The van der Waals surface area contributed by atoms with E-state index in [9.17, 15) is 4.79 Å². The molecule has 27 heavy (non-hydrogen) atoms. The van der Waals surface area contributed by atoms with Gasteiger partial charge < -0.3 is 4.90 Å². The Morgan fingerprint density at radius 1 is 0.815 bits per heavy atom. The Labute approximate surface area is 163 Å². The van der Waals surface area contributed by atoms with E-state index in [-0.39, 0.29) is 5.78 Å². The molecule has 0 amide bonds. The van der Waals surface area contributed by atoms with Crippen molar-refractivity contribution in [1.29, 1.82) is 0 Å². The zero-order valence-corrected chi connectivity index (χ0v) is 17.1. The summed E-state index contributed by atoms with van der Waals surface area (Å²) >= 11 is 0. The molecule has 0 aliphatic carbocycles. The first-order valence-corrected chi connectivity index (χ1v) is 9.81. The lowest BCUT2D eigenvalue weighted by atomic mass is 9.92. The SMILES string of the molecule is CC[NH+]1C/C(=C\c2ccc(C)cc2C)C(=O)/C(=C/c2ccc(C)cc2C)C1. The molecule has 2 nitrogen and oxygen atoms in total. The van der Waals surface area contributed by atoms with Crippen LogP contribution in [0.2, 0.25) is 0 Å². The molecular weight excluding hydrogens is 330 g/mol. The van der Waals surface area contributed by atoms with Crippen molar-refractivity contribution in [3.8, 4) is 0 Å². The minimum absolute atomic E-state index is 0.201. The lowest BCUT2D eigenvalue weighted by Crippen LogP contribution is -3.13. The van der Waals surface area contributed by atoms with Crippen LogP contribution in [0.15, 0.2) is 47.5 Å². The van der Waals surface area contributed by atoms with Gasteiger partial charge in [-0.25, -0.2) is 0 Å². The Balaban J connectivity index is 2.00. The van der Waals surface area contributed by atoms with Gasteiger partial charge in [0.15, 0.2) is 5.78 Å². The zero-order valence-electron chi connectivity index (χ0n) is 17.1. The monoisotopic (exact) mass is 360 g/mol. The number of quaternary nitrogens is 1. The lowest BCUT2D eigenvalue weighted by molar-refractivity contribution is -0.889. The summed E-state index contributed by atoms with van der Waals surface area (Å²) in [6, 6.07) is 12.8. The molecule has 1 aliphatic heterocycles. The summed E-state index contributed by atoms with van der Waals surface area (Å²) in [4.78, 5) is 14.6. The van der Waals surface area contributed by atoms with E-state index < -0.39 is 0 Å². The van der Waals surface area contributed by atoms with Gasteiger partial charge in [0, 0.05) is 0 Å². The maximum absolute atomic E-state index is 13.2. The van der Waals surface area contributed by atoms with Crippen LogP contribution in [-0.4, -0.2) is 25.4 Å². The highest BCUT2D eigenvalue weighted by Gasteiger charge is 2.28. The maximum atomic E-state index is 13.2. The molecule has 1 fully saturated rings. The number of ketones is 1. The highest BCUT2D eigenvalue weighted by molar-refractivity contribution is 6.14. The molecule has 0 radical (unpaired) electrons. The first-order chi connectivity index (χ1) is 12.9. The molecule has 1 heterocycles. The molecule has 1 saturated heterocycles. The van der Waals surface area contributed by atoms with E-state index in [1.165, 1.54) is 27.2 Å². The fraction of sp³-hybridized carbons (Fsp3) is 0.320. The quantitative estimate of drug-likeness (QED) is 0.825. The van der Waals surface area contributed by atoms with E-state index in [0.29, 0.717) is 0 Å². The molecule has 0 unspecified atom stereocenters. The summed E-state index contributed by atoms with van der Waals surface area (Å²) in [5.41, 5.74) is 9.07. The predicted molar refractivity (Wildman–Crippen MR) is 114 cm³/mol. The van der Waals surface area contributed by atoms with Crippen molar-refractivity contribution in [3.63, 3.8) is 0 Å². The van der Waals surface area contributed by atoms with E-state index in [0.717, 1.165) is 41.9 Å². The Morgan fingerprint density at radius 3 is 1.63 bits per heavy atom. The number of hydrogen-bond donors (Lipinski definition) is 1. The molecule has 3 rings (SSSR count).